The van der Waals surface area contributed by atoms with E-state index in [2.05, 4.69) is 12.2 Å². The SMILES string of the molecule is CCCC1CN(CC)C(=O)CN1. The van der Waals surface area contributed by atoms with Crippen molar-refractivity contribution in [3.05, 3.63) is 0 Å². The van der Waals surface area contributed by atoms with E-state index in [1.165, 1.54) is 12.8 Å². The van der Waals surface area contributed by atoms with Gasteiger partial charge < -0.3 is 10.2 Å². The molecule has 0 spiro atoms. The van der Waals surface area contributed by atoms with Crippen LogP contribution in [0.1, 0.15) is 26.7 Å². The predicted molar refractivity (Wildman–Crippen MR) is 49.0 cm³/mol. The zero-order chi connectivity index (χ0) is 8.97. The highest BCUT2D eigenvalue weighted by Gasteiger charge is 2.22. The summed E-state index contributed by atoms with van der Waals surface area (Å²) in [6.45, 7) is 6.48. The molecule has 0 aromatic heterocycles. The van der Waals surface area contributed by atoms with E-state index < -0.39 is 0 Å². The van der Waals surface area contributed by atoms with Crippen molar-refractivity contribution in [3.8, 4) is 0 Å². The molecular formula is C9H18N2O. The molecule has 0 saturated carbocycles. The zero-order valence-electron chi connectivity index (χ0n) is 7.97. The summed E-state index contributed by atoms with van der Waals surface area (Å²) in [4.78, 5) is 13.2. The molecule has 0 bridgehead atoms. The number of likely N-dealkylation sites (N-methyl/N-ethyl adjacent to an activating group) is 1. The first-order valence-electron chi connectivity index (χ1n) is 4.79. The normalized spacial score (nSPS) is 24.7. The lowest BCUT2D eigenvalue weighted by Crippen LogP contribution is -2.53. The number of carbonyl (C=O) groups excluding carboxylic acids is 1. The number of nitrogens with zero attached hydrogens (tertiary/aromatic N) is 1. The highest BCUT2D eigenvalue weighted by Crippen LogP contribution is 2.04. The average Bonchev–Trinajstić information content (AvgIpc) is 2.09. The van der Waals surface area contributed by atoms with Crippen LogP contribution in [0.3, 0.4) is 0 Å². The Balaban J connectivity index is 2.38. The minimum absolute atomic E-state index is 0.241. The monoisotopic (exact) mass is 170 g/mol. The van der Waals surface area contributed by atoms with Crippen LogP contribution in [0.15, 0.2) is 0 Å². The van der Waals surface area contributed by atoms with Crippen LogP contribution in [0.5, 0.6) is 0 Å². The van der Waals surface area contributed by atoms with Crippen LogP contribution in [0.25, 0.3) is 0 Å². The molecule has 1 N–H and O–H groups in total. The molecule has 1 amide bonds. The second-order valence-electron chi connectivity index (χ2n) is 3.30. The molecule has 1 fully saturated rings. The highest BCUT2D eigenvalue weighted by atomic mass is 16.2. The maximum Gasteiger partial charge on any atom is 0.236 e. The minimum Gasteiger partial charge on any atom is -0.340 e. The first kappa shape index (κ1) is 9.52. The standard InChI is InChI=1S/C9H18N2O/c1-3-5-8-7-11(4-2)9(12)6-10-8/h8,10H,3-7H2,1-2H3. The Labute approximate surface area is 74.1 Å². The van der Waals surface area contributed by atoms with Crippen LogP contribution in [0.2, 0.25) is 0 Å². The molecule has 1 aliphatic heterocycles. The number of amides is 1. The molecule has 1 heterocycles. The molecule has 1 rings (SSSR count). The largest absolute Gasteiger partial charge is 0.340 e. The van der Waals surface area contributed by atoms with E-state index in [4.69, 9.17) is 0 Å². The van der Waals surface area contributed by atoms with E-state index in [9.17, 15) is 4.79 Å². The summed E-state index contributed by atoms with van der Waals surface area (Å²) in [5.41, 5.74) is 0. The summed E-state index contributed by atoms with van der Waals surface area (Å²) in [7, 11) is 0. The molecule has 1 atom stereocenters. The van der Waals surface area contributed by atoms with Gasteiger partial charge in [-0.1, -0.05) is 13.3 Å². The maximum absolute atomic E-state index is 11.2. The number of piperazine rings is 1. The van der Waals surface area contributed by atoms with Gasteiger partial charge in [0.15, 0.2) is 0 Å². The summed E-state index contributed by atoms with van der Waals surface area (Å²) in [5, 5.41) is 3.24. The molecule has 1 unspecified atom stereocenters. The number of rotatable bonds is 3. The Hall–Kier alpha value is -0.570. The second kappa shape index (κ2) is 4.45. The summed E-state index contributed by atoms with van der Waals surface area (Å²) in [6, 6.07) is 0.521. The van der Waals surface area contributed by atoms with E-state index in [0.717, 1.165) is 13.1 Å². The first-order valence-corrected chi connectivity index (χ1v) is 4.79. The molecule has 0 aromatic carbocycles. The molecule has 0 aromatic rings. The van der Waals surface area contributed by atoms with E-state index in [1.807, 2.05) is 11.8 Å². The van der Waals surface area contributed by atoms with E-state index >= 15 is 0 Å². The van der Waals surface area contributed by atoms with Gasteiger partial charge in [-0.2, -0.15) is 0 Å². The fourth-order valence-electron chi connectivity index (χ4n) is 1.62. The summed E-state index contributed by atoms with van der Waals surface area (Å²) in [6.07, 6.45) is 2.35. The molecule has 3 heteroatoms. The number of hydrogen-bond donors (Lipinski definition) is 1. The van der Waals surface area contributed by atoms with Crippen LogP contribution < -0.4 is 5.32 Å². The van der Waals surface area contributed by atoms with E-state index in [-0.39, 0.29) is 5.91 Å². The lowest BCUT2D eigenvalue weighted by Gasteiger charge is -2.32. The van der Waals surface area contributed by atoms with Crippen molar-refractivity contribution in [1.82, 2.24) is 10.2 Å². The van der Waals surface area contributed by atoms with Crippen LogP contribution in [0, 0.1) is 0 Å². The predicted octanol–water partition coefficient (Wildman–Crippen LogP) is 0.607. The molecule has 12 heavy (non-hydrogen) atoms. The minimum atomic E-state index is 0.241. The molecule has 0 aliphatic carbocycles. The Morgan fingerprint density at radius 1 is 1.58 bits per heavy atom. The van der Waals surface area contributed by atoms with Gasteiger partial charge >= 0.3 is 0 Å². The molecule has 3 nitrogen and oxygen atoms in total. The molecule has 1 saturated heterocycles. The van der Waals surface area contributed by atoms with Gasteiger partial charge in [0.1, 0.15) is 0 Å². The average molecular weight is 170 g/mol. The second-order valence-corrected chi connectivity index (χ2v) is 3.30. The first-order chi connectivity index (χ1) is 5.77. The van der Waals surface area contributed by atoms with Crippen LogP contribution >= 0.6 is 0 Å². The van der Waals surface area contributed by atoms with Crippen molar-refractivity contribution in [1.29, 1.82) is 0 Å². The topological polar surface area (TPSA) is 32.3 Å². The molecular weight excluding hydrogens is 152 g/mol. The Kier molecular flexibility index (Phi) is 3.53. The van der Waals surface area contributed by atoms with Crippen molar-refractivity contribution < 1.29 is 4.79 Å². The zero-order valence-corrected chi connectivity index (χ0v) is 7.97. The van der Waals surface area contributed by atoms with Gasteiger partial charge in [-0.25, -0.2) is 0 Å². The summed E-state index contributed by atoms with van der Waals surface area (Å²) >= 11 is 0. The van der Waals surface area contributed by atoms with Gasteiger partial charge in [0.25, 0.3) is 0 Å². The molecule has 1 aliphatic rings. The fourth-order valence-corrected chi connectivity index (χ4v) is 1.62. The summed E-state index contributed by atoms with van der Waals surface area (Å²) < 4.78 is 0. The Morgan fingerprint density at radius 2 is 2.33 bits per heavy atom. The van der Waals surface area contributed by atoms with E-state index in [1.54, 1.807) is 0 Å². The number of nitrogens with one attached hydrogen (secondary N) is 1. The van der Waals surface area contributed by atoms with Crippen LogP contribution in [0.4, 0.5) is 0 Å². The Bertz CT molecular complexity index is 159. The van der Waals surface area contributed by atoms with Crippen molar-refractivity contribution >= 4 is 5.91 Å². The van der Waals surface area contributed by atoms with Gasteiger partial charge in [0, 0.05) is 19.1 Å². The maximum atomic E-state index is 11.2. The van der Waals surface area contributed by atoms with Crippen molar-refractivity contribution in [3.63, 3.8) is 0 Å². The van der Waals surface area contributed by atoms with Crippen molar-refractivity contribution in [2.45, 2.75) is 32.7 Å². The lowest BCUT2D eigenvalue weighted by atomic mass is 10.1. The van der Waals surface area contributed by atoms with Crippen LogP contribution in [-0.4, -0.2) is 36.5 Å². The van der Waals surface area contributed by atoms with Gasteiger partial charge in [-0.15, -0.1) is 0 Å². The van der Waals surface area contributed by atoms with Crippen molar-refractivity contribution in [2.75, 3.05) is 19.6 Å². The highest BCUT2D eigenvalue weighted by molar-refractivity contribution is 5.79. The Morgan fingerprint density at radius 3 is 2.92 bits per heavy atom. The third-order valence-electron chi connectivity index (χ3n) is 2.35. The third kappa shape index (κ3) is 2.21. The molecule has 0 radical (unpaired) electrons. The van der Waals surface area contributed by atoms with Gasteiger partial charge in [0.05, 0.1) is 6.54 Å². The van der Waals surface area contributed by atoms with Gasteiger partial charge in [-0.3, -0.25) is 4.79 Å². The van der Waals surface area contributed by atoms with Crippen LogP contribution in [-0.2, 0) is 4.79 Å². The van der Waals surface area contributed by atoms with E-state index in [0.29, 0.717) is 12.6 Å². The molecule has 70 valence electrons. The third-order valence-corrected chi connectivity index (χ3v) is 2.35. The number of carbonyl (C=O) groups is 1. The summed E-state index contributed by atoms with van der Waals surface area (Å²) in [5.74, 6) is 0.241. The fraction of sp³-hybridized carbons (Fsp3) is 0.889. The van der Waals surface area contributed by atoms with Gasteiger partial charge in [-0.05, 0) is 13.3 Å². The van der Waals surface area contributed by atoms with Crippen molar-refractivity contribution in [2.24, 2.45) is 0 Å². The lowest BCUT2D eigenvalue weighted by molar-refractivity contribution is -0.132. The number of hydrogen-bond acceptors (Lipinski definition) is 2. The van der Waals surface area contributed by atoms with Gasteiger partial charge in [0.2, 0.25) is 5.91 Å². The quantitative estimate of drug-likeness (QED) is 0.673. The smallest absolute Gasteiger partial charge is 0.236 e.